The van der Waals surface area contributed by atoms with E-state index >= 15 is 0 Å². The Morgan fingerprint density at radius 3 is 2.83 bits per heavy atom. The normalized spacial score (nSPS) is 10.2. The van der Waals surface area contributed by atoms with Crippen molar-refractivity contribution in [1.29, 1.82) is 0 Å². The van der Waals surface area contributed by atoms with E-state index in [1.165, 1.54) is 5.56 Å². The monoisotopic (exact) mass is 250 g/mol. The van der Waals surface area contributed by atoms with Gasteiger partial charge in [0.2, 0.25) is 0 Å². The van der Waals surface area contributed by atoms with Gasteiger partial charge in [0.1, 0.15) is 12.4 Å². The molecule has 0 atom stereocenters. The lowest BCUT2D eigenvalue weighted by Gasteiger charge is -2.11. The van der Waals surface area contributed by atoms with Crippen LogP contribution in [0.4, 0.5) is 4.79 Å². The third kappa shape index (κ3) is 5.57. The van der Waals surface area contributed by atoms with Crippen LogP contribution in [0.15, 0.2) is 24.3 Å². The van der Waals surface area contributed by atoms with E-state index in [1.54, 1.807) is 0 Å². The number of rotatable bonds is 6. The van der Waals surface area contributed by atoms with Gasteiger partial charge in [-0.15, -0.1) is 0 Å². The van der Waals surface area contributed by atoms with Crippen LogP contribution in [0.25, 0.3) is 0 Å². The Morgan fingerprint density at radius 1 is 1.39 bits per heavy atom. The van der Waals surface area contributed by atoms with Crippen molar-refractivity contribution in [3.63, 3.8) is 0 Å². The molecule has 0 radical (unpaired) electrons. The number of carbonyl (C=O) groups excluding carboxylic acids is 1. The van der Waals surface area contributed by atoms with E-state index in [-0.39, 0.29) is 12.1 Å². The first kappa shape index (κ1) is 14.4. The Balaban J connectivity index is 2.23. The predicted octanol–water partition coefficient (Wildman–Crippen LogP) is 2.34. The molecule has 0 aliphatic rings. The molecule has 0 heterocycles. The maximum atomic E-state index is 11.3. The van der Waals surface area contributed by atoms with Crippen molar-refractivity contribution in [2.75, 3.05) is 13.2 Å². The number of nitrogens with one attached hydrogen (secondary N) is 2. The summed E-state index contributed by atoms with van der Waals surface area (Å²) in [6, 6.07) is 7.98. The summed E-state index contributed by atoms with van der Waals surface area (Å²) in [6.07, 6.45) is 0.992. The van der Waals surface area contributed by atoms with Gasteiger partial charge in [0, 0.05) is 6.04 Å². The van der Waals surface area contributed by atoms with Crippen LogP contribution in [0.5, 0.6) is 5.75 Å². The molecule has 0 saturated heterocycles. The molecule has 18 heavy (non-hydrogen) atoms. The molecule has 0 bridgehead atoms. The molecule has 0 aliphatic carbocycles. The first-order valence-corrected chi connectivity index (χ1v) is 6.38. The van der Waals surface area contributed by atoms with Gasteiger partial charge in [0.25, 0.3) is 0 Å². The fourth-order valence-electron chi connectivity index (χ4n) is 1.50. The fraction of sp³-hybridized carbons (Fsp3) is 0.500. The minimum Gasteiger partial charge on any atom is -0.492 e. The summed E-state index contributed by atoms with van der Waals surface area (Å²) in [4.78, 5) is 11.3. The lowest BCUT2D eigenvalue weighted by atomic mass is 10.2. The number of benzene rings is 1. The smallest absolute Gasteiger partial charge is 0.315 e. The van der Waals surface area contributed by atoms with Crippen LogP contribution in [0.3, 0.4) is 0 Å². The molecule has 0 unspecified atom stereocenters. The average Bonchev–Trinajstić information content (AvgIpc) is 2.34. The molecule has 4 heteroatoms. The third-order valence-corrected chi connectivity index (χ3v) is 2.38. The lowest BCUT2D eigenvalue weighted by molar-refractivity contribution is 0.234. The van der Waals surface area contributed by atoms with Crippen molar-refractivity contribution in [2.45, 2.75) is 33.2 Å². The van der Waals surface area contributed by atoms with Crippen molar-refractivity contribution in [1.82, 2.24) is 10.6 Å². The van der Waals surface area contributed by atoms with Crippen molar-refractivity contribution in [3.8, 4) is 5.75 Å². The van der Waals surface area contributed by atoms with E-state index in [0.717, 1.165) is 12.2 Å². The summed E-state index contributed by atoms with van der Waals surface area (Å²) >= 11 is 0. The van der Waals surface area contributed by atoms with E-state index in [2.05, 4.69) is 23.6 Å². The highest BCUT2D eigenvalue weighted by molar-refractivity contribution is 5.74. The first-order chi connectivity index (χ1) is 8.61. The third-order valence-electron chi connectivity index (χ3n) is 2.38. The quantitative estimate of drug-likeness (QED) is 0.761. The molecule has 4 nitrogen and oxygen atoms in total. The van der Waals surface area contributed by atoms with Gasteiger partial charge in [0.05, 0.1) is 6.54 Å². The van der Waals surface area contributed by atoms with Gasteiger partial charge in [-0.2, -0.15) is 0 Å². The summed E-state index contributed by atoms with van der Waals surface area (Å²) in [5.74, 6) is 0.848. The SMILES string of the molecule is CCc1cccc(OCCNC(=O)NC(C)C)c1. The molecule has 0 saturated carbocycles. The van der Waals surface area contributed by atoms with Gasteiger partial charge in [-0.05, 0) is 38.0 Å². The van der Waals surface area contributed by atoms with Crippen molar-refractivity contribution in [2.24, 2.45) is 0 Å². The Kier molecular flexibility index (Phi) is 6.05. The molecular weight excluding hydrogens is 228 g/mol. The summed E-state index contributed by atoms with van der Waals surface area (Å²) in [5.41, 5.74) is 1.25. The zero-order chi connectivity index (χ0) is 13.4. The molecule has 0 fully saturated rings. The topological polar surface area (TPSA) is 50.4 Å². The molecule has 0 spiro atoms. The second-order valence-corrected chi connectivity index (χ2v) is 4.40. The van der Waals surface area contributed by atoms with Crippen molar-refractivity contribution < 1.29 is 9.53 Å². The van der Waals surface area contributed by atoms with Crippen molar-refractivity contribution in [3.05, 3.63) is 29.8 Å². The number of aryl methyl sites for hydroxylation is 1. The van der Waals surface area contributed by atoms with Crippen LogP contribution in [0.1, 0.15) is 26.3 Å². The van der Waals surface area contributed by atoms with Crippen LogP contribution in [-0.4, -0.2) is 25.2 Å². The standard InChI is InChI=1S/C14H22N2O2/c1-4-12-6-5-7-13(10-12)18-9-8-15-14(17)16-11(2)3/h5-7,10-11H,4,8-9H2,1-3H3,(H2,15,16,17). The molecule has 1 aromatic rings. The molecule has 1 rings (SSSR count). The summed E-state index contributed by atoms with van der Waals surface area (Å²) < 4.78 is 5.56. The molecule has 100 valence electrons. The van der Waals surface area contributed by atoms with E-state index in [0.29, 0.717) is 13.2 Å². The molecule has 0 aliphatic heterocycles. The molecule has 0 aromatic heterocycles. The summed E-state index contributed by atoms with van der Waals surface area (Å²) in [5, 5.41) is 5.49. The van der Waals surface area contributed by atoms with E-state index in [4.69, 9.17) is 4.74 Å². The predicted molar refractivity (Wildman–Crippen MR) is 73.0 cm³/mol. The maximum absolute atomic E-state index is 11.3. The molecule has 1 aromatic carbocycles. The Bertz CT molecular complexity index is 378. The fourth-order valence-corrected chi connectivity index (χ4v) is 1.50. The van der Waals surface area contributed by atoms with Crippen LogP contribution in [-0.2, 0) is 6.42 Å². The Labute approximate surface area is 109 Å². The van der Waals surface area contributed by atoms with E-state index < -0.39 is 0 Å². The number of urea groups is 1. The number of carbonyl (C=O) groups is 1. The number of hydrogen-bond acceptors (Lipinski definition) is 2. The maximum Gasteiger partial charge on any atom is 0.315 e. The highest BCUT2D eigenvalue weighted by Crippen LogP contribution is 2.13. The van der Waals surface area contributed by atoms with E-state index in [9.17, 15) is 4.79 Å². The summed E-state index contributed by atoms with van der Waals surface area (Å²) in [6.45, 7) is 6.92. The van der Waals surface area contributed by atoms with Crippen LogP contribution >= 0.6 is 0 Å². The minimum absolute atomic E-state index is 0.146. The van der Waals surface area contributed by atoms with Gasteiger partial charge in [-0.3, -0.25) is 0 Å². The van der Waals surface area contributed by atoms with Gasteiger partial charge in [-0.1, -0.05) is 19.1 Å². The lowest BCUT2D eigenvalue weighted by Crippen LogP contribution is -2.41. The zero-order valence-corrected chi connectivity index (χ0v) is 11.3. The molecular formula is C14H22N2O2. The minimum atomic E-state index is -0.157. The zero-order valence-electron chi connectivity index (χ0n) is 11.3. The van der Waals surface area contributed by atoms with E-state index in [1.807, 2.05) is 32.0 Å². The van der Waals surface area contributed by atoms with Crippen LogP contribution in [0.2, 0.25) is 0 Å². The molecule has 2 amide bonds. The van der Waals surface area contributed by atoms with Crippen LogP contribution in [0, 0.1) is 0 Å². The number of hydrogen-bond donors (Lipinski definition) is 2. The Hall–Kier alpha value is -1.71. The highest BCUT2D eigenvalue weighted by atomic mass is 16.5. The average molecular weight is 250 g/mol. The number of amides is 2. The van der Waals surface area contributed by atoms with Gasteiger partial charge in [0.15, 0.2) is 0 Å². The largest absolute Gasteiger partial charge is 0.492 e. The highest BCUT2D eigenvalue weighted by Gasteiger charge is 2.01. The Morgan fingerprint density at radius 2 is 2.17 bits per heavy atom. The second kappa shape index (κ2) is 7.58. The van der Waals surface area contributed by atoms with Gasteiger partial charge in [-0.25, -0.2) is 4.79 Å². The molecule has 2 N–H and O–H groups in total. The van der Waals surface area contributed by atoms with Crippen LogP contribution < -0.4 is 15.4 Å². The number of ether oxygens (including phenoxy) is 1. The summed E-state index contributed by atoms with van der Waals surface area (Å²) in [7, 11) is 0. The van der Waals surface area contributed by atoms with Gasteiger partial charge < -0.3 is 15.4 Å². The second-order valence-electron chi connectivity index (χ2n) is 4.40. The van der Waals surface area contributed by atoms with Crippen molar-refractivity contribution >= 4 is 6.03 Å². The first-order valence-electron chi connectivity index (χ1n) is 6.38. The van der Waals surface area contributed by atoms with Gasteiger partial charge >= 0.3 is 6.03 Å².